The summed E-state index contributed by atoms with van der Waals surface area (Å²) in [4.78, 5) is 19.9. The van der Waals surface area contributed by atoms with Crippen LogP contribution in [-0.4, -0.2) is 54.8 Å². The average molecular weight is 508 g/mol. The Labute approximate surface area is 194 Å². The van der Waals surface area contributed by atoms with Gasteiger partial charge >= 0.3 is 12.3 Å². The van der Waals surface area contributed by atoms with Crippen molar-refractivity contribution in [2.24, 2.45) is 10.7 Å². The number of pyridine rings is 1. The van der Waals surface area contributed by atoms with Crippen molar-refractivity contribution in [3.63, 3.8) is 0 Å². The molecule has 1 atom stereocenters. The molecule has 1 unspecified atom stereocenters. The van der Waals surface area contributed by atoms with Crippen molar-refractivity contribution in [1.29, 1.82) is 0 Å². The van der Waals surface area contributed by atoms with E-state index in [1.165, 1.54) is 0 Å². The summed E-state index contributed by atoms with van der Waals surface area (Å²) in [5, 5.41) is 2.34. The summed E-state index contributed by atoms with van der Waals surface area (Å²) >= 11 is 0. The van der Waals surface area contributed by atoms with Crippen molar-refractivity contribution in [2.75, 3.05) is 25.1 Å². The third-order valence-corrected chi connectivity index (χ3v) is 5.08. The molecule has 0 fully saturated rings. The molecule has 35 heavy (non-hydrogen) atoms. The lowest BCUT2D eigenvalue weighted by molar-refractivity contribution is -0.148. The van der Waals surface area contributed by atoms with E-state index in [1.54, 1.807) is 0 Å². The van der Waals surface area contributed by atoms with Crippen LogP contribution in [0.5, 0.6) is 5.75 Å². The van der Waals surface area contributed by atoms with Crippen molar-refractivity contribution < 1.29 is 45.0 Å². The number of aliphatic imine (C=N–C) groups is 1. The fourth-order valence-electron chi connectivity index (χ4n) is 3.10. The largest absolute Gasteiger partial charge is 0.485 e. The van der Waals surface area contributed by atoms with E-state index in [-0.39, 0.29) is 29.6 Å². The number of carbonyl (C=O) groups excluding carboxylic acids is 1. The minimum absolute atomic E-state index is 0.0823. The number of alkyl halides is 6. The zero-order valence-corrected chi connectivity index (χ0v) is 18.0. The van der Waals surface area contributed by atoms with Gasteiger partial charge in [0.05, 0.1) is 6.20 Å². The summed E-state index contributed by atoms with van der Waals surface area (Å²) in [6, 6.07) is 5.04. The first kappa shape index (κ1) is 26.2. The molecule has 3 rings (SSSR count). The number of aromatic nitrogens is 1. The monoisotopic (exact) mass is 508 g/mol. The van der Waals surface area contributed by atoms with Crippen molar-refractivity contribution >= 4 is 17.4 Å². The number of nitrogens with two attached hydrogens (primary N) is 1. The van der Waals surface area contributed by atoms with E-state index in [2.05, 4.69) is 20.0 Å². The molecule has 2 aromatic rings. The average Bonchev–Trinajstić information content (AvgIpc) is 2.88. The number of amidine groups is 1. The van der Waals surface area contributed by atoms with Crippen LogP contribution >= 0.6 is 0 Å². The van der Waals surface area contributed by atoms with Gasteiger partial charge in [-0.15, -0.1) is 0 Å². The number of ether oxygens (including phenoxy) is 2. The summed E-state index contributed by atoms with van der Waals surface area (Å²) < 4.78 is 104. The third kappa shape index (κ3) is 5.63. The molecule has 1 aliphatic rings. The highest BCUT2D eigenvalue weighted by atomic mass is 19.3. The van der Waals surface area contributed by atoms with Gasteiger partial charge in [-0.2, -0.15) is 8.78 Å². The number of nitrogens with zero attached hydrogens (tertiary/aromatic N) is 2. The van der Waals surface area contributed by atoms with Crippen molar-refractivity contribution in [3.05, 3.63) is 53.6 Å². The van der Waals surface area contributed by atoms with E-state index in [0.717, 1.165) is 43.5 Å². The topological polar surface area (TPSA) is 98.8 Å². The molecule has 0 saturated carbocycles. The minimum atomic E-state index is -4.37. The lowest BCUT2D eigenvalue weighted by Crippen LogP contribution is -2.45. The third-order valence-electron chi connectivity index (χ3n) is 5.08. The Morgan fingerprint density at radius 1 is 1.29 bits per heavy atom. The van der Waals surface area contributed by atoms with E-state index in [1.807, 2.05) is 0 Å². The molecule has 7 nitrogen and oxygen atoms in total. The van der Waals surface area contributed by atoms with Crippen LogP contribution < -0.4 is 15.8 Å². The van der Waals surface area contributed by atoms with E-state index >= 15 is 0 Å². The number of anilines is 1. The second-order valence-electron chi connectivity index (χ2n) is 7.75. The van der Waals surface area contributed by atoms with Crippen LogP contribution in [0.1, 0.15) is 23.0 Å². The van der Waals surface area contributed by atoms with Crippen molar-refractivity contribution in [3.8, 4) is 5.75 Å². The number of halogens is 7. The molecular weight excluding hydrogens is 489 g/mol. The Kier molecular flexibility index (Phi) is 7.24. The number of carbonyl (C=O) groups is 1. The Morgan fingerprint density at radius 3 is 2.63 bits per heavy atom. The molecule has 0 saturated heterocycles. The summed E-state index contributed by atoms with van der Waals surface area (Å²) in [7, 11) is 0. The van der Waals surface area contributed by atoms with Gasteiger partial charge in [0, 0.05) is 11.3 Å². The molecule has 1 aliphatic heterocycles. The maximum absolute atomic E-state index is 14.8. The van der Waals surface area contributed by atoms with Gasteiger partial charge in [-0.05, 0) is 37.3 Å². The SMILES string of the molecule is CC1(c2cc(NC(=O)c3ccc(OCC(F)(F)C(F)F)cn3)ccc2F)N=C(N)COCC1(F)F. The number of benzene rings is 1. The molecule has 0 bridgehead atoms. The Hall–Kier alpha value is -3.42. The van der Waals surface area contributed by atoms with Crippen molar-refractivity contribution in [1.82, 2.24) is 4.98 Å². The van der Waals surface area contributed by atoms with Gasteiger partial charge in [-0.25, -0.2) is 26.9 Å². The predicted molar refractivity (Wildman–Crippen MR) is 110 cm³/mol. The van der Waals surface area contributed by atoms with Gasteiger partial charge in [0.25, 0.3) is 11.8 Å². The summed E-state index contributed by atoms with van der Waals surface area (Å²) in [5.41, 5.74) is 2.26. The van der Waals surface area contributed by atoms with Crippen LogP contribution in [0.2, 0.25) is 0 Å². The van der Waals surface area contributed by atoms with E-state index in [9.17, 15) is 35.5 Å². The molecule has 1 aromatic heterocycles. The molecule has 3 N–H and O–H groups in total. The number of nitrogens with one attached hydrogen (secondary N) is 1. The Balaban J connectivity index is 1.79. The van der Waals surface area contributed by atoms with E-state index in [0.29, 0.717) is 0 Å². The van der Waals surface area contributed by atoms with Crippen molar-refractivity contribution in [2.45, 2.75) is 30.7 Å². The maximum Gasteiger partial charge on any atom is 0.340 e. The smallest absolute Gasteiger partial charge is 0.340 e. The Morgan fingerprint density at radius 2 is 2.00 bits per heavy atom. The number of hydrogen-bond donors (Lipinski definition) is 2. The first-order valence-corrected chi connectivity index (χ1v) is 9.91. The molecular formula is C21H19F7N4O3. The fourth-order valence-corrected chi connectivity index (χ4v) is 3.10. The van der Waals surface area contributed by atoms with E-state index in [4.69, 9.17) is 10.5 Å². The highest BCUT2D eigenvalue weighted by Crippen LogP contribution is 2.44. The molecule has 1 amide bonds. The number of amides is 1. The maximum atomic E-state index is 14.8. The lowest BCUT2D eigenvalue weighted by Gasteiger charge is -2.33. The van der Waals surface area contributed by atoms with Crippen LogP contribution in [0.15, 0.2) is 41.5 Å². The Bertz CT molecular complexity index is 1110. The van der Waals surface area contributed by atoms with Gasteiger partial charge in [0.2, 0.25) is 0 Å². The van der Waals surface area contributed by atoms with E-state index < -0.39 is 54.3 Å². The molecule has 0 spiro atoms. The molecule has 1 aromatic carbocycles. The van der Waals surface area contributed by atoms with Crippen LogP contribution in [0.3, 0.4) is 0 Å². The van der Waals surface area contributed by atoms with Crippen LogP contribution in [0.4, 0.5) is 36.4 Å². The first-order chi connectivity index (χ1) is 16.2. The molecule has 190 valence electrons. The van der Waals surface area contributed by atoms with Crippen LogP contribution in [0, 0.1) is 5.82 Å². The quantitative estimate of drug-likeness (QED) is 0.552. The second-order valence-corrected chi connectivity index (χ2v) is 7.75. The fraction of sp³-hybridized carbons (Fsp3) is 0.381. The van der Waals surface area contributed by atoms with Gasteiger partial charge < -0.3 is 20.5 Å². The zero-order chi connectivity index (χ0) is 26.0. The van der Waals surface area contributed by atoms with Gasteiger partial charge in [-0.3, -0.25) is 9.79 Å². The molecule has 0 aliphatic carbocycles. The molecule has 2 heterocycles. The highest BCUT2D eigenvalue weighted by Gasteiger charge is 2.54. The molecule has 14 heteroatoms. The molecule has 0 radical (unpaired) electrons. The van der Waals surface area contributed by atoms with Gasteiger partial charge in [0.15, 0.2) is 12.1 Å². The summed E-state index contributed by atoms with van der Waals surface area (Å²) in [5.74, 6) is -10.5. The number of hydrogen-bond acceptors (Lipinski definition) is 6. The summed E-state index contributed by atoms with van der Waals surface area (Å²) in [6.45, 7) is -2.05. The number of rotatable bonds is 7. The van der Waals surface area contributed by atoms with Gasteiger partial charge in [-0.1, -0.05) is 0 Å². The normalized spacial score (nSPS) is 20.2. The van der Waals surface area contributed by atoms with Crippen LogP contribution in [-0.2, 0) is 10.3 Å². The van der Waals surface area contributed by atoms with Crippen LogP contribution in [0.25, 0.3) is 0 Å². The lowest BCUT2D eigenvalue weighted by atomic mass is 9.85. The first-order valence-electron chi connectivity index (χ1n) is 9.91. The highest BCUT2D eigenvalue weighted by molar-refractivity contribution is 6.02. The standard InChI is InChI=1S/C21H19F7N4O3/c1-19(21(27,28)10-34-8-16(29)32-19)13-6-11(2-4-14(13)22)31-17(33)15-5-3-12(7-30-15)35-9-20(25,26)18(23)24/h2-7,18H,8-10H2,1H3,(H2,29,32)(H,31,33). The predicted octanol–water partition coefficient (Wildman–Crippen LogP) is 3.99. The summed E-state index contributed by atoms with van der Waals surface area (Å²) in [6.07, 6.45) is -3.06. The minimum Gasteiger partial charge on any atom is -0.485 e. The van der Waals surface area contributed by atoms with Gasteiger partial charge in [0.1, 0.15) is 36.3 Å². The second kappa shape index (κ2) is 9.68. The zero-order valence-electron chi connectivity index (χ0n) is 18.0.